The van der Waals surface area contributed by atoms with Crippen LogP contribution in [0.3, 0.4) is 0 Å². The van der Waals surface area contributed by atoms with Gasteiger partial charge in [-0.05, 0) is 44.8 Å². The van der Waals surface area contributed by atoms with Crippen LogP contribution in [0, 0.1) is 0 Å². The van der Waals surface area contributed by atoms with Crippen molar-refractivity contribution in [1.29, 1.82) is 0 Å². The Kier molecular flexibility index (Phi) is 5.08. The van der Waals surface area contributed by atoms with Gasteiger partial charge in [-0.1, -0.05) is 17.7 Å². The first-order valence-corrected chi connectivity index (χ1v) is 7.74. The second-order valence-corrected chi connectivity index (χ2v) is 6.97. The van der Waals surface area contributed by atoms with Gasteiger partial charge in [-0.2, -0.15) is 13.2 Å². The SMILES string of the molecule is CC1(C)OB(C(=Cc2cnc(Cl)c(C(F)(F)F)c2)CN)OC1(C)C. The van der Waals surface area contributed by atoms with Crippen LogP contribution in [0.2, 0.25) is 5.15 Å². The van der Waals surface area contributed by atoms with Crippen LogP contribution in [0.4, 0.5) is 13.2 Å². The average Bonchev–Trinajstić information content (AvgIpc) is 2.65. The molecule has 1 aromatic rings. The van der Waals surface area contributed by atoms with Crippen molar-refractivity contribution in [3.63, 3.8) is 0 Å². The molecule has 1 saturated heterocycles. The molecule has 0 saturated carbocycles. The molecule has 24 heavy (non-hydrogen) atoms. The second-order valence-electron chi connectivity index (χ2n) is 6.62. The highest BCUT2D eigenvalue weighted by atomic mass is 35.5. The quantitative estimate of drug-likeness (QED) is 0.657. The highest BCUT2D eigenvalue weighted by molar-refractivity contribution is 6.55. The molecule has 0 aliphatic carbocycles. The lowest BCUT2D eigenvalue weighted by molar-refractivity contribution is -0.137. The Bertz CT molecular complexity index is 647. The second kappa shape index (κ2) is 6.33. The fourth-order valence-electron chi connectivity index (χ4n) is 2.17. The van der Waals surface area contributed by atoms with E-state index in [-0.39, 0.29) is 12.1 Å². The van der Waals surface area contributed by atoms with E-state index in [2.05, 4.69) is 4.98 Å². The fourth-order valence-corrected chi connectivity index (χ4v) is 2.38. The molecule has 2 rings (SSSR count). The molecule has 0 spiro atoms. The lowest BCUT2D eigenvalue weighted by Crippen LogP contribution is -2.41. The van der Waals surface area contributed by atoms with Crippen LogP contribution in [-0.2, 0) is 15.5 Å². The van der Waals surface area contributed by atoms with Crippen LogP contribution in [0.15, 0.2) is 17.7 Å². The summed E-state index contributed by atoms with van der Waals surface area (Å²) >= 11 is 5.53. The monoisotopic (exact) mass is 362 g/mol. The van der Waals surface area contributed by atoms with Crippen molar-refractivity contribution in [3.8, 4) is 0 Å². The van der Waals surface area contributed by atoms with Gasteiger partial charge in [-0.15, -0.1) is 0 Å². The van der Waals surface area contributed by atoms with E-state index in [9.17, 15) is 13.2 Å². The Labute approximate surface area is 144 Å². The maximum Gasteiger partial charge on any atom is 0.491 e. The van der Waals surface area contributed by atoms with E-state index in [1.165, 1.54) is 12.3 Å². The molecule has 0 atom stereocenters. The Morgan fingerprint density at radius 2 is 1.83 bits per heavy atom. The Morgan fingerprint density at radius 1 is 1.29 bits per heavy atom. The maximum absolute atomic E-state index is 12.9. The van der Waals surface area contributed by atoms with Gasteiger partial charge in [0.25, 0.3) is 0 Å². The molecule has 0 bridgehead atoms. The molecule has 4 nitrogen and oxygen atoms in total. The van der Waals surface area contributed by atoms with Crippen LogP contribution in [0.5, 0.6) is 0 Å². The predicted molar refractivity (Wildman–Crippen MR) is 87.4 cm³/mol. The van der Waals surface area contributed by atoms with Gasteiger partial charge in [0.15, 0.2) is 0 Å². The summed E-state index contributed by atoms with van der Waals surface area (Å²) < 4.78 is 50.5. The fraction of sp³-hybridized carbons (Fsp3) is 0.533. The molecule has 0 radical (unpaired) electrons. The Morgan fingerprint density at radius 3 is 2.29 bits per heavy atom. The number of rotatable bonds is 3. The zero-order valence-electron chi connectivity index (χ0n) is 13.9. The average molecular weight is 363 g/mol. The highest BCUT2D eigenvalue weighted by Gasteiger charge is 2.52. The van der Waals surface area contributed by atoms with Crippen molar-refractivity contribution in [2.75, 3.05) is 6.54 Å². The van der Waals surface area contributed by atoms with Gasteiger partial charge in [0, 0.05) is 12.7 Å². The van der Waals surface area contributed by atoms with E-state index in [1.54, 1.807) is 0 Å². The molecule has 9 heteroatoms. The van der Waals surface area contributed by atoms with Gasteiger partial charge in [0.2, 0.25) is 0 Å². The summed E-state index contributed by atoms with van der Waals surface area (Å²) in [5.41, 5.74) is 4.34. The van der Waals surface area contributed by atoms with E-state index >= 15 is 0 Å². The smallest absolute Gasteiger partial charge is 0.400 e. The third-order valence-electron chi connectivity index (χ3n) is 4.31. The zero-order chi connectivity index (χ0) is 18.3. The molecular weight excluding hydrogens is 343 g/mol. The predicted octanol–water partition coefficient (Wildman–Crippen LogP) is 3.73. The third kappa shape index (κ3) is 3.77. The Hall–Kier alpha value is -1.09. The lowest BCUT2D eigenvalue weighted by Gasteiger charge is -2.32. The first-order chi connectivity index (χ1) is 10.9. The van der Waals surface area contributed by atoms with Gasteiger partial charge in [-0.3, -0.25) is 0 Å². The third-order valence-corrected chi connectivity index (χ3v) is 4.61. The summed E-state index contributed by atoms with van der Waals surface area (Å²) in [6.07, 6.45) is -1.85. The summed E-state index contributed by atoms with van der Waals surface area (Å²) in [6.45, 7) is 7.60. The van der Waals surface area contributed by atoms with Crippen molar-refractivity contribution in [1.82, 2.24) is 4.98 Å². The number of hydrogen-bond acceptors (Lipinski definition) is 4. The molecule has 132 valence electrons. The van der Waals surface area contributed by atoms with Crippen LogP contribution in [0.1, 0.15) is 38.8 Å². The molecule has 0 aromatic carbocycles. The molecule has 1 aliphatic rings. The van der Waals surface area contributed by atoms with E-state index < -0.39 is 35.2 Å². The van der Waals surface area contributed by atoms with Crippen LogP contribution >= 0.6 is 11.6 Å². The highest BCUT2D eigenvalue weighted by Crippen LogP contribution is 2.39. The largest absolute Gasteiger partial charge is 0.491 e. The number of nitrogens with zero attached hydrogens (tertiary/aromatic N) is 1. The van der Waals surface area contributed by atoms with Crippen LogP contribution in [-0.4, -0.2) is 29.8 Å². The first-order valence-electron chi connectivity index (χ1n) is 7.36. The molecule has 1 aliphatic heterocycles. The molecule has 2 heterocycles. The van der Waals surface area contributed by atoms with E-state index in [4.69, 9.17) is 26.6 Å². The van der Waals surface area contributed by atoms with Crippen molar-refractivity contribution in [3.05, 3.63) is 34.0 Å². The number of alkyl halides is 3. The van der Waals surface area contributed by atoms with Crippen molar-refractivity contribution in [2.24, 2.45) is 5.73 Å². The van der Waals surface area contributed by atoms with Gasteiger partial charge in [0.1, 0.15) is 5.15 Å². The number of halogens is 4. The topological polar surface area (TPSA) is 57.4 Å². The number of nitrogens with two attached hydrogens (primary N) is 1. The van der Waals surface area contributed by atoms with Gasteiger partial charge in [-0.25, -0.2) is 4.98 Å². The van der Waals surface area contributed by atoms with Crippen LogP contribution in [0.25, 0.3) is 6.08 Å². The van der Waals surface area contributed by atoms with E-state index in [0.29, 0.717) is 5.47 Å². The minimum absolute atomic E-state index is 0.0702. The normalized spacial score (nSPS) is 20.5. The van der Waals surface area contributed by atoms with Gasteiger partial charge in [0.05, 0.1) is 16.8 Å². The van der Waals surface area contributed by atoms with Crippen molar-refractivity contribution >= 4 is 24.8 Å². The molecule has 0 amide bonds. The number of hydrogen-bond donors (Lipinski definition) is 1. The summed E-state index contributed by atoms with van der Waals surface area (Å²) in [6, 6.07) is 0.927. The summed E-state index contributed by atoms with van der Waals surface area (Å²) in [5, 5.41) is -0.593. The van der Waals surface area contributed by atoms with E-state index in [0.717, 1.165) is 6.07 Å². The molecule has 1 fully saturated rings. The van der Waals surface area contributed by atoms with Crippen LogP contribution < -0.4 is 5.73 Å². The molecule has 2 N–H and O–H groups in total. The van der Waals surface area contributed by atoms with Gasteiger partial charge >= 0.3 is 13.3 Å². The van der Waals surface area contributed by atoms with Crippen molar-refractivity contribution in [2.45, 2.75) is 45.1 Å². The number of pyridine rings is 1. The minimum Gasteiger partial charge on any atom is -0.400 e. The zero-order valence-corrected chi connectivity index (χ0v) is 14.6. The summed E-state index contributed by atoms with van der Waals surface area (Å²) in [5.74, 6) is 0. The van der Waals surface area contributed by atoms with Gasteiger partial charge < -0.3 is 15.0 Å². The van der Waals surface area contributed by atoms with Crippen molar-refractivity contribution < 1.29 is 22.5 Å². The standard InChI is InChI=1S/C15H19BClF3N2O2/c1-13(2)14(3,4)24-16(23-13)10(7-21)5-9-6-11(15(18,19)20)12(17)22-8-9/h5-6,8H,7,21H2,1-4H3. The minimum atomic E-state index is -4.58. The number of aromatic nitrogens is 1. The Balaban J connectivity index is 2.36. The molecular formula is C15H19BClF3N2O2. The van der Waals surface area contributed by atoms with E-state index in [1.807, 2.05) is 27.7 Å². The first kappa shape index (κ1) is 19.2. The summed E-state index contributed by atoms with van der Waals surface area (Å²) in [7, 11) is -0.731. The summed E-state index contributed by atoms with van der Waals surface area (Å²) in [4.78, 5) is 3.60. The molecule has 0 unspecified atom stereocenters. The maximum atomic E-state index is 12.9. The molecule has 1 aromatic heterocycles. The lowest BCUT2D eigenvalue weighted by atomic mass is 9.77.